The van der Waals surface area contributed by atoms with Gasteiger partial charge in [-0.2, -0.15) is 4.72 Å². The van der Waals surface area contributed by atoms with Crippen molar-refractivity contribution in [3.05, 3.63) is 94.0 Å². The molecule has 156 valence electrons. The highest BCUT2D eigenvalue weighted by Gasteiger charge is 2.26. The van der Waals surface area contributed by atoms with E-state index in [9.17, 15) is 13.2 Å². The summed E-state index contributed by atoms with van der Waals surface area (Å²) in [5.41, 5.74) is 2.09. The van der Waals surface area contributed by atoms with Crippen molar-refractivity contribution in [3.63, 3.8) is 0 Å². The number of hydrogen-bond acceptors (Lipinski definition) is 3. The van der Waals surface area contributed by atoms with E-state index in [2.05, 4.69) is 10.0 Å². The van der Waals surface area contributed by atoms with Crippen molar-refractivity contribution in [1.82, 2.24) is 4.72 Å². The highest BCUT2D eigenvalue weighted by atomic mass is 35.5. The van der Waals surface area contributed by atoms with Gasteiger partial charge in [-0.25, -0.2) is 8.42 Å². The van der Waals surface area contributed by atoms with Gasteiger partial charge in [-0.05, 0) is 49.2 Å². The number of nitrogens with one attached hydrogen (secondary N) is 2. The van der Waals surface area contributed by atoms with Crippen LogP contribution in [0.4, 0.5) is 5.69 Å². The Labute approximate surface area is 186 Å². The molecule has 0 aromatic heterocycles. The predicted molar refractivity (Wildman–Crippen MR) is 121 cm³/mol. The van der Waals surface area contributed by atoms with Gasteiger partial charge in [0.2, 0.25) is 15.9 Å². The summed E-state index contributed by atoms with van der Waals surface area (Å²) in [5.74, 6) is -0.529. The van der Waals surface area contributed by atoms with Gasteiger partial charge in [-0.1, -0.05) is 71.2 Å². The molecule has 0 aliphatic carbocycles. The number of benzene rings is 3. The lowest BCUT2D eigenvalue weighted by atomic mass is 10.1. The molecule has 3 aromatic rings. The van der Waals surface area contributed by atoms with E-state index in [0.29, 0.717) is 10.7 Å². The maximum Gasteiger partial charge on any atom is 0.242 e. The molecule has 8 heteroatoms. The topological polar surface area (TPSA) is 75.3 Å². The highest BCUT2D eigenvalue weighted by Crippen LogP contribution is 2.25. The first kappa shape index (κ1) is 22.3. The van der Waals surface area contributed by atoms with E-state index in [-0.39, 0.29) is 16.3 Å². The van der Waals surface area contributed by atoms with Crippen LogP contribution < -0.4 is 10.0 Å². The number of hydrogen-bond donors (Lipinski definition) is 2. The number of carbonyl (C=O) groups is 1. The van der Waals surface area contributed by atoms with Gasteiger partial charge in [0.05, 0.1) is 15.6 Å². The van der Waals surface area contributed by atoms with Gasteiger partial charge in [-0.15, -0.1) is 0 Å². The summed E-state index contributed by atoms with van der Waals surface area (Å²) in [6, 6.07) is 19.2. The number of amides is 1. The van der Waals surface area contributed by atoms with Crippen LogP contribution in [0.3, 0.4) is 0 Å². The van der Waals surface area contributed by atoms with Crippen molar-refractivity contribution in [2.75, 3.05) is 5.32 Å². The minimum atomic E-state index is -3.92. The van der Waals surface area contributed by atoms with E-state index < -0.39 is 22.0 Å². The largest absolute Gasteiger partial charge is 0.323 e. The van der Waals surface area contributed by atoms with Crippen LogP contribution in [0.1, 0.15) is 11.1 Å². The third-order valence-corrected chi connectivity index (χ3v) is 6.45. The molecule has 0 saturated carbocycles. The van der Waals surface area contributed by atoms with Crippen LogP contribution in [0.15, 0.2) is 77.7 Å². The molecule has 0 fully saturated rings. The fourth-order valence-electron chi connectivity index (χ4n) is 2.82. The summed E-state index contributed by atoms with van der Waals surface area (Å²) in [4.78, 5) is 13.1. The second kappa shape index (κ2) is 9.62. The Morgan fingerprint density at radius 2 is 1.63 bits per heavy atom. The first-order chi connectivity index (χ1) is 14.2. The molecule has 0 bridgehead atoms. The summed E-state index contributed by atoms with van der Waals surface area (Å²) in [5, 5.41) is 3.37. The molecule has 0 radical (unpaired) electrons. The van der Waals surface area contributed by atoms with E-state index >= 15 is 0 Å². The van der Waals surface area contributed by atoms with Gasteiger partial charge in [0, 0.05) is 5.02 Å². The van der Waals surface area contributed by atoms with Crippen LogP contribution in [0.2, 0.25) is 10.0 Å². The van der Waals surface area contributed by atoms with E-state index in [4.69, 9.17) is 23.2 Å². The first-order valence-electron chi connectivity index (χ1n) is 9.13. The molecule has 30 heavy (non-hydrogen) atoms. The molecule has 0 aliphatic heterocycles. The Morgan fingerprint density at radius 3 is 2.27 bits per heavy atom. The van der Waals surface area contributed by atoms with Crippen LogP contribution in [-0.4, -0.2) is 20.4 Å². The van der Waals surface area contributed by atoms with Crippen LogP contribution in [0.25, 0.3) is 0 Å². The molecule has 5 nitrogen and oxygen atoms in total. The number of sulfonamides is 1. The highest BCUT2D eigenvalue weighted by molar-refractivity contribution is 7.89. The number of anilines is 1. The lowest BCUT2D eigenvalue weighted by Crippen LogP contribution is -2.45. The van der Waals surface area contributed by atoms with Crippen molar-refractivity contribution < 1.29 is 13.2 Å². The molecule has 0 aliphatic rings. The van der Waals surface area contributed by atoms with Crippen molar-refractivity contribution in [2.24, 2.45) is 0 Å². The molecule has 0 heterocycles. The zero-order chi connectivity index (χ0) is 21.7. The monoisotopic (exact) mass is 462 g/mol. The fourth-order valence-corrected chi connectivity index (χ4v) is 4.47. The fraction of sp³-hybridized carbons (Fsp3) is 0.136. The summed E-state index contributed by atoms with van der Waals surface area (Å²) in [6.45, 7) is 1.87. The lowest BCUT2D eigenvalue weighted by molar-refractivity contribution is -0.117. The van der Waals surface area contributed by atoms with Crippen molar-refractivity contribution in [2.45, 2.75) is 24.3 Å². The standard InChI is InChI=1S/C22H20Cl2N2O3S/c1-15-7-10-18(11-8-15)30(28,29)26-21(13-16-5-3-2-4-6-16)22(27)25-20-12-9-17(23)14-19(20)24/h2-12,14,21,26H,13H2,1H3,(H,25,27)/t21-/m1/s1. The van der Waals surface area contributed by atoms with Crippen molar-refractivity contribution in [1.29, 1.82) is 0 Å². The maximum atomic E-state index is 13.0. The number of carbonyl (C=O) groups excluding carboxylic acids is 1. The first-order valence-corrected chi connectivity index (χ1v) is 11.4. The predicted octanol–water partition coefficient (Wildman–Crippen LogP) is 4.83. The number of aryl methyl sites for hydroxylation is 1. The second-order valence-electron chi connectivity index (χ2n) is 6.79. The quantitative estimate of drug-likeness (QED) is 0.527. The van der Waals surface area contributed by atoms with Crippen LogP contribution in [-0.2, 0) is 21.2 Å². The summed E-state index contributed by atoms with van der Waals surface area (Å²) >= 11 is 12.0. The Morgan fingerprint density at radius 1 is 0.967 bits per heavy atom. The van der Waals surface area contributed by atoms with Gasteiger partial charge >= 0.3 is 0 Å². The number of rotatable bonds is 7. The summed E-state index contributed by atoms with van der Waals surface area (Å²) < 4.78 is 28.3. The smallest absolute Gasteiger partial charge is 0.242 e. The van der Waals surface area contributed by atoms with Gasteiger partial charge in [0.1, 0.15) is 6.04 Å². The normalized spacial score (nSPS) is 12.4. The summed E-state index contributed by atoms with van der Waals surface area (Å²) in [6.07, 6.45) is 0.170. The van der Waals surface area contributed by atoms with Crippen LogP contribution in [0.5, 0.6) is 0 Å². The zero-order valence-electron chi connectivity index (χ0n) is 16.1. The third kappa shape index (κ3) is 5.83. The van der Waals surface area contributed by atoms with E-state index in [1.807, 2.05) is 37.3 Å². The molecule has 0 spiro atoms. The third-order valence-electron chi connectivity index (χ3n) is 4.42. The zero-order valence-corrected chi connectivity index (χ0v) is 18.4. The van der Waals surface area contributed by atoms with Crippen LogP contribution >= 0.6 is 23.2 Å². The maximum absolute atomic E-state index is 13.0. The van der Waals surface area contributed by atoms with Gasteiger partial charge in [0.15, 0.2) is 0 Å². The average molecular weight is 463 g/mol. The molecule has 0 saturated heterocycles. The molecule has 1 amide bonds. The Kier molecular flexibility index (Phi) is 7.15. The second-order valence-corrected chi connectivity index (χ2v) is 9.35. The minimum absolute atomic E-state index is 0.0866. The molecular formula is C22H20Cl2N2O3S. The van der Waals surface area contributed by atoms with Gasteiger partial charge < -0.3 is 5.32 Å². The van der Waals surface area contributed by atoms with Crippen molar-refractivity contribution >= 4 is 44.8 Å². The Bertz CT molecular complexity index is 1130. The SMILES string of the molecule is Cc1ccc(S(=O)(=O)N[C@H](Cc2ccccc2)C(=O)Nc2ccc(Cl)cc2Cl)cc1. The van der Waals surface area contributed by atoms with Crippen molar-refractivity contribution in [3.8, 4) is 0 Å². The summed E-state index contributed by atoms with van der Waals surface area (Å²) in [7, 11) is -3.92. The lowest BCUT2D eigenvalue weighted by Gasteiger charge is -2.19. The molecule has 2 N–H and O–H groups in total. The molecule has 1 atom stereocenters. The minimum Gasteiger partial charge on any atom is -0.323 e. The molecular weight excluding hydrogens is 443 g/mol. The Hall–Kier alpha value is -2.38. The Balaban J connectivity index is 1.87. The van der Waals surface area contributed by atoms with E-state index in [0.717, 1.165) is 11.1 Å². The average Bonchev–Trinajstić information content (AvgIpc) is 2.70. The molecule has 3 rings (SSSR count). The molecule has 0 unspecified atom stereocenters. The molecule has 3 aromatic carbocycles. The van der Waals surface area contributed by atoms with Crippen LogP contribution in [0, 0.1) is 6.92 Å². The number of halogens is 2. The van der Waals surface area contributed by atoms with Gasteiger partial charge in [0.25, 0.3) is 0 Å². The van der Waals surface area contributed by atoms with E-state index in [1.54, 1.807) is 24.3 Å². The van der Waals surface area contributed by atoms with Gasteiger partial charge in [-0.3, -0.25) is 4.79 Å². The van der Waals surface area contributed by atoms with E-state index in [1.165, 1.54) is 18.2 Å².